The van der Waals surface area contributed by atoms with Crippen molar-refractivity contribution in [2.45, 2.75) is 52.4 Å². The topological polar surface area (TPSA) is 0 Å². The molecule has 0 atom stereocenters. The minimum absolute atomic E-state index is 0. The first-order valence-corrected chi connectivity index (χ1v) is 5.06. The van der Waals surface area contributed by atoms with Gasteiger partial charge in [0.2, 0.25) is 0 Å². The maximum atomic E-state index is 3.72. The average Bonchev–Trinajstić information content (AvgIpc) is 2.12. The second-order valence-corrected chi connectivity index (χ2v) is 2.73. The molecule has 0 fully saturated rings. The number of unbranched alkanes of at least 4 members (excludes halogenated alkanes) is 3. The van der Waals surface area contributed by atoms with E-state index in [2.05, 4.69) is 39.8 Å². The molecular formula is C12H24Mg. The first-order valence-electron chi connectivity index (χ1n) is 5.06. The summed E-state index contributed by atoms with van der Waals surface area (Å²) in [7, 11) is 0. The van der Waals surface area contributed by atoms with Crippen LogP contribution in [-0.4, -0.2) is 23.1 Å². The summed E-state index contributed by atoms with van der Waals surface area (Å²) in [5, 5.41) is 0. The van der Waals surface area contributed by atoms with Crippen LogP contribution in [0.25, 0.3) is 0 Å². The van der Waals surface area contributed by atoms with Gasteiger partial charge >= 0.3 is 23.1 Å². The summed E-state index contributed by atoms with van der Waals surface area (Å²) in [5.74, 6) is 0. The fraction of sp³-hybridized carbons (Fsp3) is 0.667. The van der Waals surface area contributed by atoms with Crippen molar-refractivity contribution in [1.82, 2.24) is 0 Å². The molecule has 74 valence electrons. The molecule has 0 aromatic rings. The Labute approximate surface area is 101 Å². The summed E-state index contributed by atoms with van der Waals surface area (Å²) in [6, 6.07) is 0. The van der Waals surface area contributed by atoms with Gasteiger partial charge in [-0.05, 0) is 6.42 Å². The predicted molar refractivity (Wildman–Crippen MR) is 64.7 cm³/mol. The molecule has 0 spiro atoms. The van der Waals surface area contributed by atoms with Gasteiger partial charge in [0, 0.05) is 0 Å². The van der Waals surface area contributed by atoms with Crippen LogP contribution in [0.4, 0.5) is 0 Å². The summed E-state index contributed by atoms with van der Waals surface area (Å²) in [5.41, 5.74) is 0. The zero-order chi connectivity index (χ0) is 9.66. The van der Waals surface area contributed by atoms with Crippen molar-refractivity contribution >= 4 is 23.1 Å². The summed E-state index contributed by atoms with van der Waals surface area (Å²) in [6.45, 7) is 11.7. The van der Waals surface area contributed by atoms with Gasteiger partial charge in [0.1, 0.15) is 0 Å². The van der Waals surface area contributed by atoms with Gasteiger partial charge in [0.25, 0.3) is 0 Å². The second kappa shape index (κ2) is 22.9. The monoisotopic (exact) mass is 192 g/mol. The van der Waals surface area contributed by atoms with Crippen LogP contribution in [0.2, 0.25) is 0 Å². The fourth-order valence-electron chi connectivity index (χ4n) is 0.711. The van der Waals surface area contributed by atoms with Crippen LogP contribution in [0, 0.1) is 13.8 Å². The largest absolute Gasteiger partial charge is 2.00 e. The SMILES string of the molecule is [CH2-]CC=CCC.[CH2-]CCCCC.[Mg+2]. The van der Waals surface area contributed by atoms with E-state index in [1.54, 1.807) is 0 Å². The van der Waals surface area contributed by atoms with Gasteiger partial charge in [-0.15, -0.1) is 6.08 Å². The molecule has 0 N–H and O–H groups in total. The Kier molecular flexibility index (Phi) is 33.7. The van der Waals surface area contributed by atoms with Crippen LogP contribution in [0.5, 0.6) is 0 Å². The Morgan fingerprint density at radius 3 is 1.77 bits per heavy atom. The normalized spacial score (nSPS) is 8.92. The van der Waals surface area contributed by atoms with Crippen LogP contribution in [-0.2, 0) is 0 Å². The van der Waals surface area contributed by atoms with E-state index >= 15 is 0 Å². The molecule has 0 nitrogen and oxygen atoms in total. The van der Waals surface area contributed by atoms with Crippen molar-refractivity contribution in [3.8, 4) is 0 Å². The quantitative estimate of drug-likeness (QED) is 0.265. The summed E-state index contributed by atoms with van der Waals surface area (Å²) in [4.78, 5) is 0. The smallest absolute Gasteiger partial charge is 0.343 e. The number of rotatable bonds is 5. The standard InChI is InChI=1S/C6H13.C6H11.Mg/c2*1-3-5-6-4-2;/h1,3-6H2,2H3;5-6H,1,3-4H2,2H3;/q2*-1;+2. The predicted octanol–water partition coefficient (Wildman–Crippen LogP) is 4.20. The van der Waals surface area contributed by atoms with Crippen molar-refractivity contribution in [2.75, 3.05) is 0 Å². The third kappa shape index (κ3) is 32.6. The van der Waals surface area contributed by atoms with Gasteiger partial charge in [-0.3, -0.25) is 0 Å². The molecule has 0 heterocycles. The molecule has 0 amide bonds. The molecule has 0 saturated carbocycles. The third-order valence-electron chi connectivity index (χ3n) is 1.42. The molecule has 0 unspecified atom stereocenters. The summed E-state index contributed by atoms with van der Waals surface area (Å²) >= 11 is 0. The number of hydrogen-bond donors (Lipinski definition) is 0. The zero-order valence-electron chi connectivity index (χ0n) is 9.52. The van der Waals surface area contributed by atoms with Crippen molar-refractivity contribution in [3.05, 3.63) is 26.0 Å². The summed E-state index contributed by atoms with van der Waals surface area (Å²) in [6.07, 6.45) is 11.3. The molecule has 0 aromatic heterocycles. The van der Waals surface area contributed by atoms with Gasteiger partial charge in [-0.1, -0.05) is 39.2 Å². The minimum atomic E-state index is 0. The first kappa shape index (κ1) is 19.1. The van der Waals surface area contributed by atoms with Gasteiger partial charge < -0.3 is 13.8 Å². The zero-order valence-corrected chi connectivity index (χ0v) is 10.9. The second-order valence-electron chi connectivity index (χ2n) is 2.73. The molecule has 0 saturated heterocycles. The fourth-order valence-corrected chi connectivity index (χ4v) is 0.711. The maximum absolute atomic E-state index is 3.72. The molecule has 0 aliphatic carbocycles. The summed E-state index contributed by atoms with van der Waals surface area (Å²) < 4.78 is 0. The molecule has 0 bridgehead atoms. The van der Waals surface area contributed by atoms with E-state index in [4.69, 9.17) is 0 Å². The molecule has 0 aliphatic rings. The van der Waals surface area contributed by atoms with Gasteiger partial charge in [-0.25, -0.2) is 0 Å². The van der Waals surface area contributed by atoms with Crippen LogP contribution in [0.3, 0.4) is 0 Å². The Balaban J connectivity index is -0.000000143. The molecule has 0 aliphatic heterocycles. The molecular weight excluding hydrogens is 168 g/mol. The maximum Gasteiger partial charge on any atom is 2.00 e. The Morgan fingerprint density at radius 2 is 1.62 bits per heavy atom. The van der Waals surface area contributed by atoms with Crippen molar-refractivity contribution in [2.24, 2.45) is 0 Å². The molecule has 1 heteroatoms. The van der Waals surface area contributed by atoms with Crippen LogP contribution in [0.1, 0.15) is 52.4 Å². The Bertz CT molecular complexity index is 67.2. The molecule has 0 rings (SSSR count). The van der Waals surface area contributed by atoms with Crippen molar-refractivity contribution in [3.63, 3.8) is 0 Å². The number of allylic oxidation sites excluding steroid dienone is 2. The number of hydrogen-bond acceptors (Lipinski definition) is 0. The van der Waals surface area contributed by atoms with E-state index < -0.39 is 0 Å². The molecule has 13 heavy (non-hydrogen) atoms. The Morgan fingerprint density at radius 1 is 1.00 bits per heavy atom. The van der Waals surface area contributed by atoms with Gasteiger partial charge in [-0.2, -0.15) is 12.8 Å². The minimum Gasteiger partial charge on any atom is -0.343 e. The van der Waals surface area contributed by atoms with E-state index in [-0.39, 0.29) is 23.1 Å². The van der Waals surface area contributed by atoms with E-state index in [1.165, 1.54) is 19.3 Å². The van der Waals surface area contributed by atoms with E-state index in [0.717, 1.165) is 19.3 Å². The van der Waals surface area contributed by atoms with Crippen molar-refractivity contribution in [1.29, 1.82) is 0 Å². The van der Waals surface area contributed by atoms with Crippen molar-refractivity contribution < 1.29 is 0 Å². The van der Waals surface area contributed by atoms with E-state index in [1.807, 2.05) is 0 Å². The van der Waals surface area contributed by atoms with Gasteiger partial charge in [0.05, 0.1) is 0 Å². The van der Waals surface area contributed by atoms with Crippen LogP contribution in [0.15, 0.2) is 12.2 Å². The first-order chi connectivity index (χ1) is 5.83. The van der Waals surface area contributed by atoms with E-state index in [0.29, 0.717) is 0 Å². The Hall–Kier alpha value is 0.506. The van der Waals surface area contributed by atoms with Crippen LogP contribution >= 0.6 is 0 Å². The third-order valence-corrected chi connectivity index (χ3v) is 1.42. The average molecular weight is 193 g/mol. The van der Waals surface area contributed by atoms with E-state index in [9.17, 15) is 0 Å². The molecule has 0 radical (unpaired) electrons. The molecule has 0 aromatic carbocycles. The van der Waals surface area contributed by atoms with Crippen LogP contribution < -0.4 is 0 Å². The van der Waals surface area contributed by atoms with Gasteiger partial charge in [0.15, 0.2) is 0 Å².